The van der Waals surface area contributed by atoms with Crippen LogP contribution in [0.4, 0.5) is 5.69 Å². The zero-order valence-corrected chi connectivity index (χ0v) is 10.7. The van der Waals surface area contributed by atoms with Gasteiger partial charge in [0.1, 0.15) is 5.82 Å². The fourth-order valence-electron chi connectivity index (χ4n) is 2.10. The molecule has 0 aliphatic carbocycles. The van der Waals surface area contributed by atoms with E-state index in [2.05, 4.69) is 15.3 Å². The van der Waals surface area contributed by atoms with Gasteiger partial charge < -0.3 is 10.4 Å². The molecule has 3 aromatic rings. The Kier molecular flexibility index (Phi) is 2.83. The lowest BCUT2D eigenvalue weighted by Crippen LogP contribution is -1.97. The first kappa shape index (κ1) is 12.2. The lowest BCUT2D eigenvalue weighted by atomic mass is 10.2. The minimum Gasteiger partial charge on any atom is -0.476 e. The SMILES string of the molecule is CNc1ccc2c(C(=O)O)nc(-c3ccncc3)n2c1. The van der Waals surface area contributed by atoms with Gasteiger partial charge in [-0.15, -0.1) is 0 Å². The van der Waals surface area contributed by atoms with Gasteiger partial charge in [0.15, 0.2) is 5.69 Å². The Morgan fingerprint density at radius 3 is 2.65 bits per heavy atom. The van der Waals surface area contributed by atoms with Gasteiger partial charge in [0.25, 0.3) is 0 Å². The maximum absolute atomic E-state index is 11.3. The van der Waals surface area contributed by atoms with E-state index in [1.807, 2.05) is 19.3 Å². The summed E-state index contributed by atoms with van der Waals surface area (Å²) in [6.45, 7) is 0. The summed E-state index contributed by atoms with van der Waals surface area (Å²) in [5, 5.41) is 12.3. The summed E-state index contributed by atoms with van der Waals surface area (Å²) in [4.78, 5) is 19.5. The largest absolute Gasteiger partial charge is 0.476 e. The number of aromatic carboxylic acids is 1. The molecule has 0 unspecified atom stereocenters. The Bertz CT molecular complexity index is 780. The molecule has 3 rings (SSSR count). The normalized spacial score (nSPS) is 10.7. The van der Waals surface area contributed by atoms with Crippen molar-refractivity contribution in [1.82, 2.24) is 14.4 Å². The van der Waals surface area contributed by atoms with E-state index >= 15 is 0 Å². The molecule has 0 atom stereocenters. The van der Waals surface area contributed by atoms with Crippen LogP contribution < -0.4 is 5.32 Å². The minimum absolute atomic E-state index is 0.0412. The number of imidazole rings is 1. The van der Waals surface area contributed by atoms with Gasteiger partial charge >= 0.3 is 5.97 Å². The minimum atomic E-state index is -1.04. The fraction of sp³-hybridized carbons (Fsp3) is 0.0714. The molecule has 0 radical (unpaired) electrons. The summed E-state index contributed by atoms with van der Waals surface area (Å²) in [5.41, 5.74) is 2.29. The van der Waals surface area contributed by atoms with Gasteiger partial charge in [-0.05, 0) is 24.3 Å². The Morgan fingerprint density at radius 2 is 2.00 bits per heavy atom. The lowest BCUT2D eigenvalue weighted by molar-refractivity contribution is 0.0693. The monoisotopic (exact) mass is 268 g/mol. The second-order valence-corrected chi connectivity index (χ2v) is 4.25. The Labute approximate surface area is 114 Å². The number of pyridine rings is 2. The van der Waals surface area contributed by atoms with Crippen LogP contribution in [0.5, 0.6) is 0 Å². The molecule has 0 aliphatic heterocycles. The molecule has 0 spiro atoms. The molecule has 20 heavy (non-hydrogen) atoms. The average Bonchev–Trinajstić information content (AvgIpc) is 2.87. The summed E-state index contributed by atoms with van der Waals surface area (Å²) >= 11 is 0. The molecule has 0 amide bonds. The molecule has 6 heteroatoms. The lowest BCUT2D eigenvalue weighted by Gasteiger charge is -2.04. The van der Waals surface area contributed by atoms with Crippen molar-refractivity contribution in [3.63, 3.8) is 0 Å². The predicted molar refractivity (Wildman–Crippen MR) is 74.9 cm³/mol. The third-order valence-electron chi connectivity index (χ3n) is 3.07. The zero-order valence-electron chi connectivity index (χ0n) is 10.7. The van der Waals surface area contributed by atoms with Gasteiger partial charge in [0, 0.05) is 31.2 Å². The van der Waals surface area contributed by atoms with Gasteiger partial charge in [-0.25, -0.2) is 9.78 Å². The van der Waals surface area contributed by atoms with E-state index in [1.54, 1.807) is 35.0 Å². The first-order valence-corrected chi connectivity index (χ1v) is 6.04. The topological polar surface area (TPSA) is 79.5 Å². The summed E-state index contributed by atoms with van der Waals surface area (Å²) in [7, 11) is 1.81. The predicted octanol–water partition coefficient (Wildman–Crippen LogP) is 2.14. The van der Waals surface area contributed by atoms with Crippen molar-refractivity contribution in [3.05, 3.63) is 48.5 Å². The molecule has 3 aromatic heterocycles. The first-order chi connectivity index (χ1) is 9.70. The molecule has 0 aliphatic rings. The van der Waals surface area contributed by atoms with Crippen LogP contribution in [0.25, 0.3) is 16.9 Å². The van der Waals surface area contributed by atoms with Crippen LogP contribution >= 0.6 is 0 Å². The molecule has 0 saturated carbocycles. The molecular formula is C14H12N4O2. The van der Waals surface area contributed by atoms with Crippen molar-refractivity contribution in [1.29, 1.82) is 0 Å². The van der Waals surface area contributed by atoms with Crippen LogP contribution in [0.3, 0.4) is 0 Å². The molecule has 0 aromatic carbocycles. The summed E-state index contributed by atoms with van der Waals surface area (Å²) < 4.78 is 1.77. The zero-order chi connectivity index (χ0) is 14.1. The Balaban J connectivity index is 2.33. The average molecular weight is 268 g/mol. The number of carbonyl (C=O) groups is 1. The van der Waals surface area contributed by atoms with Crippen molar-refractivity contribution in [2.45, 2.75) is 0 Å². The van der Waals surface area contributed by atoms with Crippen molar-refractivity contribution in [2.75, 3.05) is 12.4 Å². The van der Waals surface area contributed by atoms with Crippen molar-refractivity contribution < 1.29 is 9.90 Å². The molecule has 0 saturated heterocycles. The number of hydrogen-bond donors (Lipinski definition) is 2. The van der Waals surface area contributed by atoms with Gasteiger partial charge in [-0.1, -0.05) is 0 Å². The van der Waals surface area contributed by atoms with Crippen molar-refractivity contribution in [2.24, 2.45) is 0 Å². The Hall–Kier alpha value is -2.89. The van der Waals surface area contributed by atoms with Crippen LogP contribution in [0.2, 0.25) is 0 Å². The van der Waals surface area contributed by atoms with Gasteiger partial charge in [-0.3, -0.25) is 9.38 Å². The van der Waals surface area contributed by atoms with E-state index in [9.17, 15) is 9.90 Å². The highest BCUT2D eigenvalue weighted by molar-refractivity contribution is 5.95. The first-order valence-electron chi connectivity index (χ1n) is 6.04. The Morgan fingerprint density at radius 1 is 1.25 bits per heavy atom. The van der Waals surface area contributed by atoms with E-state index in [0.29, 0.717) is 11.3 Å². The number of hydrogen-bond acceptors (Lipinski definition) is 4. The quantitative estimate of drug-likeness (QED) is 0.760. The number of fused-ring (bicyclic) bond motifs is 1. The highest BCUT2D eigenvalue weighted by Crippen LogP contribution is 2.24. The van der Waals surface area contributed by atoms with E-state index in [4.69, 9.17) is 0 Å². The molecule has 6 nitrogen and oxygen atoms in total. The van der Waals surface area contributed by atoms with E-state index < -0.39 is 5.97 Å². The molecule has 0 bridgehead atoms. The second kappa shape index (κ2) is 4.65. The number of anilines is 1. The van der Waals surface area contributed by atoms with E-state index in [0.717, 1.165) is 11.3 Å². The van der Waals surface area contributed by atoms with Crippen molar-refractivity contribution >= 4 is 17.2 Å². The number of aromatic nitrogens is 3. The summed E-state index contributed by atoms with van der Waals surface area (Å²) in [6.07, 6.45) is 5.13. The smallest absolute Gasteiger partial charge is 0.356 e. The maximum Gasteiger partial charge on any atom is 0.356 e. The number of nitrogens with zero attached hydrogens (tertiary/aromatic N) is 3. The van der Waals surface area contributed by atoms with Crippen LogP contribution in [-0.2, 0) is 0 Å². The van der Waals surface area contributed by atoms with Crippen LogP contribution in [-0.4, -0.2) is 32.5 Å². The number of carboxylic acid groups (broad SMARTS) is 1. The molecule has 3 heterocycles. The fourth-order valence-corrected chi connectivity index (χ4v) is 2.10. The van der Waals surface area contributed by atoms with Crippen LogP contribution in [0.15, 0.2) is 42.9 Å². The number of rotatable bonds is 3. The van der Waals surface area contributed by atoms with Crippen molar-refractivity contribution in [3.8, 4) is 11.4 Å². The number of nitrogens with one attached hydrogen (secondary N) is 1. The molecule has 100 valence electrons. The molecular weight excluding hydrogens is 256 g/mol. The third-order valence-corrected chi connectivity index (χ3v) is 3.07. The van der Waals surface area contributed by atoms with Crippen LogP contribution in [0, 0.1) is 0 Å². The summed E-state index contributed by atoms with van der Waals surface area (Å²) in [6, 6.07) is 7.16. The van der Waals surface area contributed by atoms with Crippen LogP contribution in [0.1, 0.15) is 10.5 Å². The molecule has 2 N–H and O–H groups in total. The molecule has 0 fully saturated rings. The van der Waals surface area contributed by atoms with Gasteiger partial charge in [0.05, 0.1) is 11.2 Å². The number of carboxylic acids is 1. The second-order valence-electron chi connectivity index (χ2n) is 4.25. The highest BCUT2D eigenvalue weighted by atomic mass is 16.4. The van der Waals surface area contributed by atoms with E-state index in [-0.39, 0.29) is 5.69 Å². The highest BCUT2D eigenvalue weighted by Gasteiger charge is 2.17. The maximum atomic E-state index is 11.3. The third kappa shape index (κ3) is 1.87. The van der Waals surface area contributed by atoms with E-state index in [1.165, 1.54) is 0 Å². The van der Waals surface area contributed by atoms with Gasteiger partial charge in [-0.2, -0.15) is 0 Å². The standard InChI is InChI=1S/C14H12N4O2/c1-15-10-2-3-11-12(14(19)20)17-13(18(11)8-10)9-4-6-16-7-5-9/h2-8,15H,1H3,(H,19,20). The van der Waals surface area contributed by atoms with Gasteiger partial charge in [0.2, 0.25) is 0 Å². The summed E-state index contributed by atoms with van der Waals surface area (Å²) in [5.74, 6) is -0.461.